The third-order valence-corrected chi connectivity index (χ3v) is 4.31. The van der Waals surface area contributed by atoms with E-state index >= 15 is 0 Å². The molecule has 5 nitrogen and oxygen atoms in total. The van der Waals surface area contributed by atoms with Crippen molar-refractivity contribution in [3.63, 3.8) is 0 Å². The van der Waals surface area contributed by atoms with Gasteiger partial charge in [-0.25, -0.2) is 9.97 Å². The molecule has 0 saturated carbocycles. The minimum absolute atomic E-state index is 0.709. The van der Waals surface area contributed by atoms with Gasteiger partial charge in [-0.1, -0.05) is 16.8 Å². The molecule has 2 aromatic heterocycles. The molecular formula is C17H15ClN4O. The van der Waals surface area contributed by atoms with Crippen LogP contribution in [0, 0.1) is 6.92 Å². The zero-order valence-electron chi connectivity index (χ0n) is 12.7. The van der Waals surface area contributed by atoms with E-state index < -0.39 is 0 Å². The van der Waals surface area contributed by atoms with Crippen molar-refractivity contribution in [2.75, 3.05) is 11.4 Å². The molecule has 116 valence electrons. The standard InChI is InChI=1S/C17H15ClN4O/c1-11-8-16(20-10-19-11)22-7-6-15-14(9-22)17(23-21-15)12-2-4-13(18)5-3-12/h2-5,8,10H,6-7,9H2,1H3. The molecule has 0 atom stereocenters. The molecule has 3 aromatic rings. The smallest absolute Gasteiger partial charge is 0.172 e. The maximum Gasteiger partial charge on any atom is 0.172 e. The normalized spacial score (nSPS) is 13.9. The summed E-state index contributed by atoms with van der Waals surface area (Å²) in [6.07, 6.45) is 2.45. The first-order valence-electron chi connectivity index (χ1n) is 7.47. The van der Waals surface area contributed by atoms with Crippen LogP contribution in [0.15, 0.2) is 41.2 Å². The van der Waals surface area contributed by atoms with Crippen LogP contribution in [0.3, 0.4) is 0 Å². The third-order valence-electron chi connectivity index (χ3n) is 4.06. The van der Waals surface area contributed by atoms with Gasteiger partial charge in [0.05, 0.1) is 12.2 Å². The monoisotopic (exact) mass is 326 g/mol. The lowest BCUT2D eigenvalue weighted by Crippen LogP contribution is -2.31. The van der Waals surface area contributed by atoms with Gasteiger partial charge in [0, 0.05) is 40.9 Å². The van der Waals surface area contributed by atoms with Gasteiger partial charge >= 0.3 is 0 Å². The fourth-order valence-corrected chi connectivity index (χ4v) is 2.98. The second kappa shape index (κ2) is 5.66. The Balaban J connectivity index is 1.69. The number of nitrogens with zero attached hydrogens (tertiary/aromatic N) is 4. The highest BCUT2D eigenvalue weighted by Gasteiger charge is 2.25. The predicted octanol–water partition coefficient (Wildman–Crippen LogP) is 3.66. The number of hydrogen-bond donors (Lipinski definition) is 0. The lowest BCUT2D eigenvalue weighted by Gasteiger charge is -2.27. The van der Waals surface area contributed by atoms with E-state index in [0.717, 1.165) is 53.6 Å². The Morgan fingerprint density at radius 3 is 2.78 bits per heavy atom. The second-order valence-corrected chi connectivity index (χ2v) is 6.07. The average Bonchev–Trinajstić information content (AvgIpc) is 2.99. The minimum atomic E-state index is 0.709. The molecule has 0 unspecified atom stereocenters. The van der Waals surface area contributed by atoms with Crippen LogP contribution in [-0.2, 0) is 13.0 Å². The van der Waals surface area contributed by atoms with Crippen LogP contribution in [0.1, 0.15) is 17.0 Å². The van der Waals surface area contributed by atoms with Gasteiger partial charge in [0.25, 0.3) is 0 Å². The summed E-state index contributed by atoms with van der Waals surface area (Å²) in [6.45, 7) is 3.57. The summed E-state index contributed by atoms with van der Waals surface area (Å²) in [4.78, 5) is 10.8. The fraction of sp³-hybridized carbons (Fsp3) is 0.235. The third kappa shape index (κ3) is 2.68. The van der Waals surface area contributed by atoms with Crippen LogP contribution >= 0.6 is 11.6 Å². The van der Waals surface area contributed by atoms with Crippen LogP contribution in [0.2, 0.25) is 5.02 Å². The van der Waals surface area contributed by atoms with Crippen LogP contribution in [0.4, 0.5) is 5.82 Å². The van der Waals surface area contributed by atoms with Crippen molar-refractivity contribution in [1.29, 1.82) is 0 Å². The van der Waals surface area contributed by atoms with Crippen molar-refractivity contribution in [3.05, 3.63) is 58.6 Å². The van der Waals surface area contributed by atoms with Gasteiger partial charge in [0.15, 0.2) is 5.76 Å². The summed E-state index contributed by atoms with van der Waals surface area (Å²) >= 11 is 5.97. The molecule has 1 aliphatic heterocycles. The second-order valence-electron chi connectivity index (χ2n) is 5.63. The Morgan fingerprint density at radius 1 is 1.17 bits per heavy atom. The fourth-order valence-electron chi connectivity index (χ4n) is 2.85. The summed E-state index contributed by atoms with van der Waals surface area (Å²) in [7, 11) is 0. The van der Waals surface area contributed by atoms with Gasteiger partial charge in [-0.3, -0.25) is 0 Å². The summed E-state index contributed by atoms with van der Waals surface area (Å²) in [5.41, 5.74) is 4.10. The highest BCUT2D eigenvalue weighted by Crippen LogP contribution is 2.32. The zero-order valence-corrected chi connectivity index (χ0v) is 13.4. The Kier molecular flexibility index (Phi) is 3.50. The highest BCUT2D eigenvalue weighted by atomic mass is 35.5. The lowest BCUT2D eigenvalue weighted by atomic mass is 10.0. The topological polar surface area (TPSA) is 55.1 Å². The number of benzene rings is 1. The molecule has 1 aliphatic rings. The summed E-state index contributed by atoms with van der Waals surface area (Å²) in [6, 6.07) is 9.63. The molecule has 0 N–H and O–H groups in total. The van der Waals surface area contributed by atoms with Crippen molar-refractivity contribution in [1.82, 2.24) is 15.1 Å². The number of hydrogen-bond acceptors (Lipinski definition) is 5. The van der Waals surface area contributed by atoms with Gasteiger partial charge in [0.2, 0.25) is 0 Å². The van der Waals surface area contributed by atoms with Gasteiger partial charge in [-0.2, -0.15) is 0 Å². The first-order chi connectivity index (χ1) is 11.2. The summed E-state index contributed by atoms with van der Waals surface area (Å²) in [5.74, 6) is 1.75. The van der Waals surface area contributed by atoms with E-state index in [1.807, 2.05) is 37.3 Å². The highest BCUT2D eigenvalue weighted by molar-refractivity contribution is 6.30. The number of rotatable bonds is 2. The van der Waals surface area contributed by atoms with E-state index in [-0.39, 0.29) is 0 Å². The summed E-state index contributed by atoms with van der Waals surface area (Å²) < 4.78 is 5.60. The van der Waals surface area contributed by atoms with Gasteiger partial charge in [-0.15, -0.1) is 0 Å². The molecular weight excluding hydrogens is 312 g/mol. The molecule has 0 aliphatic carbocycles. The molecule has 23 heavy (non-hydrogen) atoms. The first-order valence-corrected chi connectivity index (χ1v) is 7.85. The Bertz CT molecular complexity index is 844. The van der Waals surface area contributed by atoms with Crippen molar-refractivity contribution < 1.29 is 4.52 Å². The van der Waals surface area contributed by atoms with Gasteiger partial charge < -0.3 is 9.42 Å². The van der Waals surface area contributed by atoms with Crippen molar-refractivity contribution in [2.45, 2.75) is 19.9 Å². The molecule has 4 rings (SSSR count). The van der Waals surface area contributed by atoms with E-state index in [1.165, 1.54) is 0 Å². The molecule has 0 fully saturated rings. The molecule has 0 amide bonds. The maximum absolute atomic E-state index is 5.97. The predicted molar refractivity (Wildman–Crippen MR) is 88.5 cm³/mol. The molecule has 0 saturated heterocycles. The van der Waals surface area contributed by atoms with Crippen molar-refractivity contribution >= 4 is 17.4 Å². The maximum atomic E-state index is 5.97. The quantitative estimate of drug-likeness (QED) is 0.719. The van der Waals surface area contributed by atoms with E-state index in [2.05, 4.69) is 20.0 Å². The largest absolute Gasteiger partial charge is 0.356 e. The molecule has 6 heteroatoms. The van der Waals surface area contributed by atoms with Crippen LogP contribution in [-0.4, -0.2) is 21.7 Å². The number of halogens is 1. The van der Waals surface area contributed by atoms with E-state index in [9.17, 15) is 0 Å². The number of aryl methyl sites for hydroxylation is 1. The van der Waals surface area contributed by atoms with Crippen molar-refractivity contribution in [3.8, 4) is 11.3 Å². The van der Waals surface area contributed by atoms with Gasteiger partial charge in [0.1, 0.15) is 12.1 Å². The van der Waals surface area contributed by atoms with Gasteiger partial charge in [-0.05, 0) is 31.2 Å². The Hall–Kier alpha value is -2.40. The number of fused-ring (bicyclic) bond motifs is 1. The first kappa shape index (κ1) is 14.2. The van der Waals surface area contributed by atoms with E-state index in [0.29, 0.717) is 5.02 Å². The van der Waals surface area contributed by atoms with Crippen molar-refractivity contribution in [2.24, 2.45) is 0 Å². The molecule has 0 radical (unpaired) electrons. The van der Waals surface area contributed by atoms with Crippen LogP contribution in [0.25, 0.3) is 11.3 Å². The van der Waals surface area contributed by atoms with E-state index in [4.69, 9.17) is 16.1 Å². The zero-order chi connectivity index (χ0) is 15.8. The molecule has 3 heterocycles. The molecule has 0 spiro atoms. The average molecular weight is 327 g/mol. The number of aromatic nitrogens is 3. The number of anilines is 1. The minimum Gasteiger partial charge on any atom is -0.356 e. The van der Waals surface area contributed by atoms with E-state index in [1.54, 1.807) is 6.33 Å². The lowest BCUT2D eigenvalue weighted by molar-refractivity contribution is 0.424. The Labute approximate surface area is 138 Å². The van der Waals surface area contributed by atoms with Crippen LogP contribution < -0.4 is 4.90 Å². The summed E-state index contributed by atoms with van der Waals surface area (Å²) in [5, 5.41) is 4.94. The molecule has 1 aromatic carbocycles. The van der Waals surface area contributed by atoms with Crippen LogP contribution in [0.5, 0.6) is 0 Å². The Morgan fingerprint density at radius 2 is 2.00 bits per heavy atom. The molecule has 0 bridgehead atoms. The SMILES string of the molecule is Cc1cc(N2CCc3noc(-c4ccc(Cl)cc4)c3C2)ncn1.